The minimum Gasteiger partial charge on any atom is -0.454 e. The Bertz CT molecular complexity index is 714. The van der Waals surface area contributed by atoms with E-state index in [2.05, 4.69) is 11.6 Å². The Labute approximate surface area is 142 Å². The van der Waals surface area contributed by atoms with Crippen LogP contribution in [0.25, 0.3) is 0 Å². The van der Waals surface area contributed by atoms with Crippen molar-refractivity contribution in [2.45, 2.75) is 18.9 Å². The molecule has 0 aliphatic heterocycles. The zero-order chi connectivity index (χ0) is 15.7. The van der Waals surface area contributed by atoms with Crippen molar-refractivity contribution in [2.24, 2.45) is 0 Å². The molecule has 3 rings (SSSR count). The van der Waals surface area contributed by atoms with Gasteiger partial charge < -0.3 is 9.84 Å². The molecule has 1 N–H and O–H groups in total. The second-order valence-electron chi connectivity index (χ2n) is 4.88. The van der Waals surface area contributed by atoms with E-state index < -0.39 is 6.10 Å². The van der Waals surface area contributed by atoms with E-state index >= 15 is 0 Å². The van der Waals surface area contributed by atoms with Gasteiger partial charge in [-0.3, -0.25) is 0 Å². The lowest BCUT2D eigenvalue weighted by molar-refractivity contribution is 0.209. The van der Waals surface area contributed by atoms with E-state index in [1.54, 1.807) is 24.4 Å². The molecule has 0 radical (unpaired) electrons. The average Bonchev–Trinajstić information content (AvgIpc) is 3.19. The van der Waals surface area contributed by atoms with E-state index in [0.29, 0.717) is 32.1 Å². The second-order valence-corrected chi connectivity index (χ2v) is 6.62. The molecule has 0 spiro atoms. The molecule has 22 heavy (non-hydrogen) atoms. The summed E-state index contributed by atoms with van der Waals surface area (Å²) < 4.78 is 5.91. The third kappa shape index (κ3) is 3.20. The normalized spacial score (nSPS) is 14.6. The molecule has 1 atom stereocenters. The van der Waals surface area contributed by atoms with E-state index in [1.807, 2.05) is 5.38 Å². The number of aliphatic hydroxyl groups is 1. The quantitative estimate of drug-likeness (QED) is 0.754. The van der Waals surface area contributed by atoms with E-state index in [-0.39, 0.29) is 0 Å². The summed E-state index contributed by atoms with van der Waals surface area (Å²) in [6.45, 7) is 3.98. The second kappa shape index (κ2) is 6.42. The predicted octanol–water partition coefficient (Wildman–Crippen LogP) is 5.17. The van der Waals surface area contributed by atoms with Gasteiger partial charge in [-0.25, -0.2) is 4.98 Å². The van der Waals surface area contributed by atoms with Crippen LogP contribution in [-0.4, -0.2) is 10.1 Å². The topological polar surface area (TPSA) is 42.4 Å². The number of hydrogen-bond acceptors (Lipinski definition) is 4. The summed E-state index contributed by atoms with van der Waals surface area (Å²) in [6, 6.07) is 5.16. The summed E-state index contributed by atoms with van der Waals surface area (Å²) in [5.41, 5.74) is 1.56. The Morgan fingerprint density at radius 2 is 2.00 bits per heavy atom. The number of allylic oxidation sites excluding steroid dienone is 1. The van der Waals surface area contributed by atoms with Crippen molar-refractivity contribution in [3.05, 3.63) is 68.3 Å². The number of thiazole rings is 1. The van der Waals surface area contributed by atoms with Crippen molar-refractivity contribution in [1.82, 2.24) is 4.98 Å². The smallest absolute Gasteiger partial charge is 0.164 e. The first-order valence-electron chi connectivity index (χ1n) is 6.68. The Morgan fingerprint density at radius 3 is 2.55 bits per heavy atom. The van der Waals surface area contributed by atoms with Crippen LogP contribution in [0, 0.1) is 0 Å². The van der Waals surface area contributed by atoms with Gasteiger partial charge in [0, 0.05) is 17.2 Å². The SMILES string of the molecule is C=C(C(Oc1c(Cl)cccc1Cl)=C1CC1)C(O)c1nccs1. The van der Waals surface area contributed by atoms with Crippen molar-refractivity contribution < 1.29 is 9.84 Å². The van der Waals surface area contributed by atoms with Gasteiger partial charge in [-0.2, -0.15) is 0 Å². The van der Waals surface area contributed by atoms with E-state index in [1.165, 1.54) is 11.3 Å². The van der Waals surface area contributed by atoms with Gasteiger partial charge in [-0.15, -0.1) is 11.3 Å². The lowest BCUT2D eigenvalue weighted by atomic mass is 10.1. The number of ether oxygens (including phenoxy) is 1. The molecule has 1 saturated carbocycles. The van der Waals surface area contributed by atoms with Gasteiger partial charge in [0.1, 0.15) is 16.9 Å². The molecule has 0 bridgehead atoms. The van der Waals surface area contributed by atoms with Gasteiger partial charge in [0.25, 0.3) is 0 Å². The highest BCUT2D eigenvalue weighted by molar-refractivity contribution is 7.09. The molecule has 1 unspecified atom stereocenters. The molecule has 0 saturated heterocycles. The van der Waals surface area contributed by atoms with Crippen LogP contribution in [0.1, 0.15) is 24.0 Å². The van der Waals surface area contributed by atoms with Crippen LogP contribution in [0.5, 0.6) is 5.75 Å². The van der Waals surface area contributed by atoms with E-state index in [9.17, 15) is 5.11 Å². The minimum atomic E-state index is -0.899. The van der Waals surface area contributed by atoms with E-state index in [0.717, 1.165) is 18.4 Å². The zero-order valence-corrected chi connectivity index (χ0v) is 13.9. The molecule has 1 aromatic carbocycles. The summed E-state index contributed by atoms with van der Waals surface area (Å²) in [5, 5.41) is 13.6. The fourth-order valence-corrected chi connectivity index (χ4v) is 3.11. The molecule has 1 aromatic heterocycles. The van der Waals surface area contributed by atoms with Crippen molar-refractivity contribution in [2.75, 3.05) is 0 Å². The monoisotopic (exact) mass is 353 g/mol. The van der Waals surface area contributed by atoms with Gasteiger partial charge in [-0.05, 0) is 30.5 Å². The molecule has 3 nitrogen and oxygen atoms in total. The average molecular weight is 354 g/mol. The molecule has 114 valence electrons. The molecular formula is C16H13Cl2NO2S. The molecule has 1 heterocycles. The molecule has 6 heteroatoms. The van der Waals surface area contributed by atoms with Crippen LogP contribution in [0.2, 0.25) is 10.0 Å². The van der Waals surface area contributed by atoms with Crippen molar-refractivity contribution >= 4 is 34.5 Å². The van der Waals surface area contributed by atoms with Crippen LogP contribution in [0.4, 0.5) is 0 Å². The summed E-state index contributed by atoms with van der Waals surface area (Å²) in [5.74, 6) is 0.936. The zero-order valence-electron chi connectivity index (χ0n) is 11.6. The maximum atomic E-state index is 10.4. The molecule has 2 aromatic rings. The molecule has 1 aliphatic rings. The third-order valence-electron chi connectivity index (χ3n) is 3.25. The van der Waals surface area contributed by atoms with Gasteiger partial charge in [-0.1, -0.05) is 35.8 Å². The van der Waals surface area contributed by atoms with Gasteiger partial charge in [0.2, 0.25) is 0 Å². The first-order valence-corrected chi connectivity index (χ1v) is 8.32. The predicted molar refractivity (Wildman–Crippen MR) is 89.6 cm³/mol. The largest absolute Gasteiger partial charge is 0.454 e. The fraction of sp³-hybridized carbons (Fsp3) is 0.188. The highest BCUT2D eigenvalue weighted by Crippen LogP contribution is 2.42. The number of hydrogen-bond donors (Lipinski definition) is 1. The van der Waals surface area contributed by atoms with Crippen LogP contribution in [0.15, 0.2) is 53.3 Å². The Kier molecular flexibility index (Phi) is 4.54. The first kappa shape index (κ1) is 15.6. The van der Waals surface area contributed by atoms with Crippen LogP contribution >= 0.6 is 34.5 Å². The number of halogens is 2. The number of rotatable bonds is 5. The first-order chi connectivity index (χ1) is 10.6. The lowest BCUT2D eigenvalue weighted by Crippen LogP contribution is -2.08. The Morgan fingerprint density at radius 1 is 1.32 bits per heavy atom. The molecule has 1 aliphatic carbocycles. The molecular weight excluding hydrogens is 341 g/mol. The summed E-state index contributed by atoms with van der Waals surface area (Å²) in [4.78, 5) is 4.12. The highest BCUT2D eigenvalue weighted by Gasteiger charge is 2.28. The lowest BCUT2D eigenvalue weighted by Gasteiger charge is -2.17. The highest BCUT2D eigenvalue weighted by atomic mass is 35.5. The number of aromatic nitrogens is 1. The fourth-order valence-electron chi connectivity index (χ4n) is 1.98. The maximum Gasteiger partial charge on any atom is 0.164 e. The van der Waals surface area contributed by atoms with Gasteiger partial charge >= 0.3 is 0 Å². The van der Waals surface area contributed by atoms with Crippen molar-refractivity contribution in [1.29, 1.82) is 0 Å². The van der Waals surface area contributed by atoms with Crippen molar-refractivity contribution in [3.63, 3.8) is 0 Å². The van der Waals surface area contributed by atoms with Crippen molar-refractivity contribution in [3.8, 4) is 5.75 Å². The summed E-state index contributed by atoms with van der Waals surface area (Å²) in [7, 11) is 0. The number of para-hydroxylation sites is 1. The molecule has 0 amide bonds. The van der Waals surface area contributed by atoms with Gasteiger partial charge in [0.05, 0.1) is 10.0 Å². The number of aliphatic hydroxyl groups excluding tert-OH is 1. The van der Waals surface area contributed by atoms with Crippen LogP contribution in [0.3, 0.4) is 0 Å². The van der Waals surface area contributed by atoms with E-state index in [4.69, 9.17) is 27.9 Å². The molecule has 1 fully saturated rings. The Balaban J connectivity index is 1.89. The Hall–Kier alpha value is -1.33. The number of benzene rings is 1. The standard InChI is InChI=1S/C16H13Cl2NO2S/c1-9(13(20)16-19-7-8-22-16)14(10-5-6-10)21-15-11(17)3-2-4-12(15)18/h2-4,7-8,13,20H,1,5-6H2. The maximum absolute atomic E-state index is 10.4. The van der Waals surface area contributed by atoms with Gasteiger partial charge in [0.15, 0.2) is 5.75 Å². The van der Waals surface area contributed by atoms with Crippen LogP contribution < -0.4 is 4.74 Å². The number of nitrogens with zero attached hydrogens (tertiary/aromatic N) is 1. The van der Waals surface area contributed by atoms with Crippen LogP contribution in [-0.2, 0) is 0 Å². The third-order valence-corrected chi connectivity index (χ3v) is 4.67. The minimum absolute atomic E-state index is 0.382. The summed E-state index contributed by atoms with van der Waals surface area (Å²) in [6.07, 6.45) is 2.58. The summed E-state index contributed by atoms with van der Waals surface area (Å²) >= 11 is 13.7.